The number of amides is 1. The fourth-order valence-corrected chi connectivity index (χ4v) is 2.11. The molecule has 4 heteroatoms. The minimum atomic E-state index is -0.263. The molecule has 1 fully saturated rings. The van der Waals surface area contributed by atoms with Gasteiger partial charge in [-0.25, -0.2) is 0 Å². The zero-order valence-corrected chi connectivity index (χ0v) is 10.0. The highest BCUT2D eigenvalue weighted by Crippen LogP contribution is 2.18. The van der Waals surface area contributed by atoms with Crippen molar-refractivity contribution in [3.8, 4) is 0 Å². The number of likely N-dealkylation sites (tertiary alicyclic amines) is 1. The largest absolute Gasteiger partial charge is 0.399 e. The van der Waals surface area contributed by atoms with E-state index in [0.29, 0.717) is 37.2 Å². The molecule has 1 heterocycles. The van der Waals surface area contributed by atoms with E-state index in [1.807, 2.05) is 13.0 Å². The summed E-state index contributed by atoms with van der Waals surface area (Å²) >= 11 is 0. The lowest BCUT2D eigenvalue weighted by molar-refractivity contribution is 0.0546. The summed E-state index contributed by atoms with van der Waals surface area (Å²) in [5, 5.41) is 9.42. The van der Waals surface area contributed by atoms with Gasteiger partial charge >= 0.3 is 0 Å². The predicted molar refractivity (Wildman–Crippen MR) is 66.7 cm³/mol. The maximum atomic E-state index is 12.3. The molecule has 0 spiro atoms. The van der Waals surface area contributed by atoms with Crippen LogP contribution in [-0.2, 0) is 0 Å². The van der Waals surface area contributed by atoms with Gasteiger partial charge in [-0.3, -0.25) is 4.79 Å². The normalized spacial score (nSPS) is 17.2. The van der Waals surface area contributed by atoms with Crippen LogP contribution in [0.25, 0.3) is 0 Å². The molecule has 1 aliphatic heterocycles. The van der Waals surface area contributed by atoms with Crippen LogP contribution >= 0.6 is 0 Å². The number of aliphatic hydroxyl groups is 1. The molecule has 0 atom stereocenters. The van der Waals surface area contributed by atoms with E-state index in [2.05, 4.69) is 0 Å². The number of piperidine rings is 1. The molecule has 0 aromatic heterocycles. The highest BCUT2D eigenvalue weighted by molar-refractivity contribution is 5.96. The Morgan fingerprint density at radius 3 is 2.71 bits per heavy atom. The van der Waals surface area contributed by atoms with Gasteiger partial charge in [-0.15, -0.1) is 0 Å². The number of nitrogens with two attached hydrogens (primary N) is 1. The van der Waals surface area contributed by atoms with Gasteiger partial charge in [-0.1, -0.05) is 6.07 Å². The number of hydrogen-bond acceptors (Lipinski definition) is 3. The molecule has 17 heavy (non-hydrogen) atoms. The van der Waals surface area contributed by atoms with Crippen molar-refractivity contribution in [3.05, 3.63) is 29.3 Å². The summed E-state index contributed by atoms with van der Waals surface area (Å²) in [6.45, 7) is 3.15. The number of nitrogens with zero attached hydrogens (tertiary/aromatic N) is 1. The second-order valence-corrected chi connectivity index (χ2v) is 4.60. The molecule has 4 nitrogen and oxygen atoms in total. The Balaban J connectivity index is 2.16. The number of carbonyl (C=O) groups is 1. The quantitative estimate of drug-likeness (QED) is 0.717. The predicted octanol–water partition coefficient (Wildman–Crippen LogP) is 1.17. The van der Waals surface area contributed by atoms with Crippen LogP contribution in [-0.4, -0.2) is 35.1 Å². The zero-order valence-electron chi connectivity index (χ0n) is 10.0. The summed E-state index contributed by atoms with van der Waals surface area (Å²) < 4.78 is 0. The van der Waals surface area contributed by atoms with E-state index in [0.717, 1.165) is 5.56 Å². The second kappa shape index (κ2) is 4.75. The van der Waals surface area contributed by atoms with Crippen LogP contribution in [0.4, 0.5) is 5.69 Å². The van der Waals surface area contributed by atoms with Crippen molar-refractivity contribution in [3.63, 3.8) is 0 Å². The minimum Gasteiger partial charge on any atom is -0.399 e. The Morgan fingerprint density at radius 1 is 1.41 bits per heavy atom. The van der Waals surface area contributed by atoms with Gasteiger partial charge in [-0.2, -0.15) is 0 Å². The van der Waals surface area contributed by atoms with Crippen LogP contribution < -0.4 is 5.73 Å². The average Bonchev–Trinajstić information content (AvgIpc) is 2.32. The number of benzene rings is 1. The molecule has 1 amide bonds. The third-order valence-electron chi connectivity index (χ3n) is 3.24. The first-order valence-corrected chi connectivity index (χ1v) is 5.91. The van der Waals surface area contributed by atoms with Gasteiger partial charge in [0.1, 0.15) is 0 Å². The topological polar surface area (TPSA) is 66.6 Å². The number of hydrogen-bond donors (Lipinski definition) is 2. The number of anilines is 1. The van der Waals surface area contributed by atoms with Gasteiger partial charge in [0.25, 0.3) is 5.91 Å². The van der Waals surface area contributed by atoms with Gasteiger partial charge in [-0.05, 0) is 37.5 Å². The fourth-order valence-electron chi connectivity index (χ4n) is 2.11. The van der Waals surface area contributed by atoms with Crippen molar-refractivity contribution in [1.82, 2.24) is 4.90 Å². The first kappa shape index (κ1) is 11.9. The Kier molecular flexibility index (Phi) is 3.33. The van der Waals surface area contributed by atoms with Crippen molar-refractivity contribution in [2.24, 2.45) is 0 Å². The minimum absolute atomic E-state index is 0.0155. The number of rotatable bonds is 1. The van der Waals surface area contributed by atoms with Crippen LogP contribution in [0, 0.1) is 6.92 Å². The molecule has 0 unspecified atom stereocenters. The maximum absolute atomic E-state index is 12.3. The van der Waals surface area contributed by atoms with Gasteiger partial charge in [0, 0.05) is 24.3 Å². The molecule has 1 aromatic carbocycles. The van der Waals surface area contributed by atoms with E-state index in [1.165, 1.54) is 0 Å². The lowest BCUT2D eigenvalue weighted by Gasteiger charge is -2.30. The van der Waals surface area contributed by atoms with Crippen molar-refractivity contribution >= 4 is 11.6 Å². The summed E-state index contributed by atoms with van der Waals surface area (Å²) in [5.41, 5.74) is 7.92. The first-order valence-electron chi connectivity index (χ1n) is 5.91. The molecule has 0 bridgehead atoms. The van der Waals surface area contributed by atoms with Gasteiger partial charge in [0.15, 0.2) is 0 Å². The van der Waals surface area contributed by atoms with E-state index in [-0.39, 0.29) is 12.0 Å². The van der Waals surface area contributed by atoms with Gasteiger partial charge in [0.2, 0.25) is 0 Å². The smallest absolute Gasteiger partial charge is 0.254 e. The summed E-state index contributed by atoms with van der Waals surface area (Å²) in [4.78, 5) is 14.1. The summed E-state index contributed by atoms with van der Waals surface area (Å²) in [6, 6.07) is 5.39. The van der Waals surface area contributed by atoms with Crippen molar-refractivity contribution in [1.29, 1.82) is 0 Å². The zero-order chi connectivity index (χ0) is 12.4. The van der Waals surface area contributed by atoms with Gasteiger partial charge < -0.3 is 15.7 Å². The van der Waals surface area contributed by atoms with E-state index < -0.39 is 0 Å². The van der Waals surface area contributed by atoms with E-state index in [4.69, 9.17) is 5.73 Å². The summed E-state index contributed by atoms with van der Waals surface area (Å²) in [5.74, 6) is 0.0155. The highest BCUT2D eigenvalue weighted by Gasteiger charge is 2.23. The fraction of sp³-hybridized carbons (Fsp3) is 0.462. The first-order chi connectivity index (χ1) is 8.08. The average molecular weight is 234 g/mol. The SMILES string of the molecule is Cc1ccc(N)cc1C(=O)N1CCC(O)CC1. The Bertz CT molecular complexity index is 423. The van der Waals surface area contributed by atoms with Crippen molar-refractivity contribution < 1.29 is 9.90 Å². The third-order valence-corrected chi connectivity index (χ3v) is 3.24. The van der Waals surface area contributed by atoms with E-state index >= 15 is 0 Å². The van der Waals surface area contributed by atoms with Gasteiger partial charge in [0.05, 0.1) is 6.10 Å². The summed E-state index contributed by atoms with van der Waals surface area (Å²) in [7, 11) is 0. The lowest BCUT2D eigenvalue weighted by atomic mass is 10.0. The van der Waals surface area contributed by atoms with Crippen molar-refractivity contribution in [2.75, 3.05) is 18.8 Å². The highest BCUT2D eigenvalue weighted by atomic mass is 16.3. The Labute approximate surface area is 101 Å². The van der Waals surface area contributed by atoms with E-state index in [1.54, 1.807) is 17.0 Å². The van der Waals surface area contributed by atoms with Crippen LogP contribution in [0.5, 0.6) is 0 Å². The monoisotopic (exact) mass is 234 g/mol. The Morgan fingerprint density at radius 2 is 2.06 bits per heavy atom. The molecule has 3 N–H and O–H groups in total. The molecule has 92 valence electrons. The van der Waals surface area contributed by atoms with Crippen LogP contribution in [0.2, 0.25) is 0 Å². The molecular formula is C13H18N2O2. The molecule has 0 aliphatic carbocycles. The standard InChI is InChI=1S/C13H18N2O2/c1-9-2-3-10(14)8-12(9)13(17)15-6-4-11(16)5-7-15/h2-3,8,11,16H,4-7,14H2,1H3. The van der Waals surface area contributed by atoms with Crippen molar-refractivity contribution in [2.45, 2.75) is 25.9 Å². The number of aryl methyl sites for hydroxylation is 1. The third kappa shape index (κ3) is 2.58. The number of aliphatic hydroxyl groups excluding tert-OH is 1. The second-order valence-electron chi connectivity index (χ2n) is 4.60. The molecule has 1 aliphatic rings. The van der Waals surface area contributed by atoms with Crippen LogP contribution in [0.15, 0.2) is 18.2 Å². The van der Waals surface area contributed by atoms with Crippen LogP contribution in [0.3, 0.4) is 0 Å². The van der Waals surface area contributed by atoms with Crippen LogP contribution in [0.1, 0.15) is 28.8 Å². The maximum Gasteiger partial charge on any atom is 0.254 e. The van der Waals surface area contributed by atoms with E-state index in [9.17, 15) is 9.90 Å². The molecule has 0 saturated carbocycles. The number of carbonyl (C=O) groups excluding carboxylic acids is 1. The molecule has 1 saturated heterocycles. The molecule has 1 aromatic rings. The molecular weight excluding hydrogens is 216 g/mol. The lowest BCUT2D eigenvalue weighted by Crippen LogP contribution is -2.40. The number of nitrogen functional groups attached to an aromatic ring is 1. The Hall–Kier alpha value is -1.55. The molecule has 2 rings (SSSR count). The molecule has 0 radical (unpaired) electrons. The summed E-state index contributed by atoms with van der Waals surface area (Å²) in [6.07, 6.45) is 1.06.